The fourth-order valence-electron chi connectivity index (χ4n) is 1.73. The van der Waals surface area contributed by atoms with E-state index in [1.807, 2.05) is 34.0 Å². The smallest absolute Gasteiger partial charge is 0.374 e. The van der Waals surface area contributed by atoms with E-state index in [1.54, 1.807) is 4.68 Å². The quantitative estimate of drug-likeness (QED) is 0.881. The Hall–Kier alpha value is -2.11. The highest BCUT2D eigenvalue weighted by atomic mass is 16.5. The molecule has 2 aromatic heterocycles. The molecule has 96 valence electrons. The van der Waals surface area contributed by atoms with Gasteiger partial charge in [-0.2, -0.15) is 5.10 Å². The van der Waals surface area contributed by atoms with Crippen molar-refractivity contribution in [2.75, 3.05) is 0 Å². The molecule has 0 saturated carbocycles. The zero-order valence-electron chi connectivity index (χ0n) is 10.8. The average Bonchev–Trinajstić information content (AvgIpc) is 2.81. The zero-order valence-corrected chi connectivity index (χ0v) is 10.8. The number of carbonyl (C=O) groups is 1. The number of hydrogen-bond donors (Lipinski definition) is 1. The number of nitrogens with zero attached hydrogens (tertiary/aromatic N) is 3. The Morgan fingerprint density at radius 2 is 2.11 bits per heavy atom. The van der Waals surface area contributed by atoms with E-state index in [0.717, 1.165) is 11.3 Å². The largest absolute Gasteiger partial charge is 0.475 e. The molecule has 0 aliphatic rings. The highest BCUT2D eigenvalue weighted by molar-refractivity contribution is 5.85. The standard InChI is InChI=1S/C12H15N3O3/c1-12(2,3)10-7(6-15(4)13-10)8-5-9(11(16)17)18-14-8/h5-6H,1-4H3,(H,16,17). The van der Waals surface area contributed by atoms with Crippen LogP contribution in [0.2, 0.25) is 0 Å². The van der Waals surface area contributed by atoms with Gasteiger partial charge in [-0.05, 0) is 0 Å². The lowest BCUT2D eigenvalue weighted by molar-refractivity contribution is 0.0652. The highest BCUT2D eigenvalue weighted by Gasteiger charge is 2.25. The lowest BCUT2D eigenvalue weighted by Crippen LogP contribution is -2.13. The maximum Gasteiger partial charge on any atom is 0.374 e. The first kappa shape index (κ1) is 12.3. The van der Waals surface area contributed by atoms with Crippen LogP contribution in [0.4, 0.5) is 0 Å². The van der Waals surface area contributed by atoms with Crippen molar-refractivity contribution < 1.29 is 14.4 Å². The molecule has 0 unspecified atom stereocenters. The number of carboxylic acids is 1. The first-order valence-electron chi connectivity index (χ1n) is 5.53. The van der Waals surface area contributed by atoms with Crippen LogP contribution in [0.5, 0.6) is 0 Å². The average molecular weight is 249 g/mol. The normalized spacial score (nSPS) is 11.8. The SMILES string of the molecule is Cn1cc(-c2cc(C(=O)O)on2)c(C(C)(C)C)n1. The Morgan fingerprint density at radius 1 is 1.44 bits per heavy atom. The fraction of sp³-hybridized carbons (Fsp3) is 0.417. The van der Waals surface area contributed by atoms with Gasteiger partial charge in [-0.3, -0.25) is 4.68 Å². The van der Waals surface area contributed by atoms with Crippen LogP contribution in [0, 0.1) is 0 Å². The van der Waals surface area contributed by atoms with Crippen molar-refractivity contribution in [1.82, 2.24) is 14.9 Å². The third kappa shape index (κ3) is 2.13. The lowest BCUT2D eigenvalue weighted by Gasteiger charge is -2.16. The summed E-state index contributed by atoms with van der Waals surface area (Å²) < 4.78 is 6.46. The molecule has 0 saturated heterocycles. The fourth-order valence-corrected chi connectivity index (χ4v) is 1.73. The molecule has 1 N–H and O–H groups in total. The molecule has 18 heavy (non-hydrogen) atoms. The summed E-state index contributed by atoms with van der Waals surface area (Å²) in [7, 11) is 1.82. The molecular formula is C12H15N3O3. The van der Waals surface area contributed by atoms with Gasteiger partial charge >= 0.3 is 5.97 Å². The molecule has 2 heterocycles. The predicted octanol–water partition coefficient (Wildman–Crippen LogP) is 2.07. The van der Waals surface area contributed by atoms with Gasteiger partial charge in [-0.15, -0.1) is 0 Å². The summed E-state index contributed by atoms with van der Waals surface area (Å²) in [6, 6.07) is 1.41. The van der Waals surface area contributed by atoms with E-state index in [0.29, 0.717) is 5.69 Å². The van der Waals surface area contributed by atoms with Gasteiger partial charge in [0, 0.05) is 30.3 Å². The van der Waals surface area contributed by atoms with E-state index in [1.165, 1.54) is 6.07 Å². The van der Waals surface area contributed by atoms with E-state index < -0.39 is 5.97 Å². The van der Waals surface area contributed by atoms with Crippen LogP contribution in [-0.4, -0.2) is 26.0 Å². The predicted molar refractivity (Wildman–Crippen MR) is 64.4 cm³/mol. The molecule has 0 aromatic carbocycles. The van der Waals surface area contributed by atoms with Crippen LogP contribution >= 0.6 is 0 Å². The van der Waals surface area contributed by atoms with E-state index in [4.69, 9.17) is 9.63 Å². The number of aryl methyl sites for hydroxylation is 1. The molecule has 2 aromatic rings. The van der Waals surface area contributed by atoms with Crippen molar-refractivity contribution in [2.24, 2.45) is 7.05 Å². The molecule has 0 aliphatic heterocycles. The second kappa shape index (κ2) is 3.97. The minimum absolute atomic E-state index is 0.154. The molecule has 0 amide bonds. The van der Waals surface area contributed by atoms with Crippen LogP contribution in [-0.2, 0) is 12.5 Å². The van der Waals surface area contributed by atoms with Gasteiger partial charge in [0.25, 0.3) is 0 Å². The van der Waals surface area contributed by atoms with Crippen LogP contribution < -0.4 is 0 Å². The van der Waals surface area contributed by atoms with Crippen molar-refractivity contribution in [1.29, 1.82) is 0 Å². The van der Waals surface area contributed by atoms with Crippen molar-refractivity contribution >= 4 is 5.97 Å². The third-order valence-corrected chi connectivity index (χ3v) is 2.54. The maximum atomic E-state index is 10.8. The molecule has 0 spiro atoms. The highest BCUT2D eigenvalue weighted by Crippen LogP contribution is 2.31. The van der Waals surface area contributed by atoms with E-state index in [-0.39, 0.29) is 11.2 Å². The topological polar surface area (TPSA) is 81.2 Å². The monoisotopic (exact) mass is 249 g/mol. The Bertz CT molecular complexity index is 590. The Balaban J connectivity index is 2.53. The summed E-state index contributed by atoms with van der Waals surface area (Å²) in [4.78, 5) is 10.8. The number of aromatic nitrogens is 3. The lowest BCUT2D eigenvalue weighted by atomic mass is 9.89. The number of rotatable bonds is 2. The van der Waals surface area contributed by atoms with Crippen molar-refractivity contribution in [3.05, 3.63) is 23.7 Å². The van der Waals surface area contributed by atoms with Gasteiger partial charge in [0.1, 0.15) is 5.69 Å². The van der Waals surface area contributed by atoms with Gasteiger partial charge in [0.2, 0.25) is 5.76 Å². The summed E-state index contributed by atoms with van der Waals surface area (Å²) >= 11 is 0. The summed E-state index contributed by atoms with van der Waals surface area (Å²) in [6.45, 7) is 6.12. The Labute approximate surface area is 104 Å². The van der Waals surface area contributed by atoms with Crippen molar-refractivity contribution in [3.63, 3.8) is 0 Å². The van der Waals surface area contributed by atoms with E-state index in [2.05, 4.69) is 10.3 Å². The van der Waals surface area contributed by atoms with Crippen LogP contribution in [0.15, 0.2) is 16.8 Å². The van der Waals surface area contributed by atoms with Crippen LogP contribution in [0.3, 0.4) is 0 Å². The number of hydrogen-bond acceptors (Lipinski definition) is 4. The molecule has 0 bridgehead atoms. The number of carboxylic acid groups (broad SMARTS) is 1. The van der Waals surface area contributed by atoms with Crippen LogP contribution in [0.25, 0.3) is 11.3 Å². The minimum atomic E-state index is -1.13. The third-order valence-electron chi connectivity index (χ3n) is 2.54. The van der Waals surface area contributed by atoms with E-state index >= 15 is 0 Å². The zero-order chi connectivity index (χ0) is 13.5. The molecular weight excluding hydrogens is 234 g/mol. The second-order valence-electron chi connectivity index (χ2n) is 5.20. The molecule has 0 atom stereocenters. The van der Waals surface area contributed by atoms with Gasteiger partial charge in [-0.1, -0.05) is 25.9 Å². The second-order valence-corrected chi connectivity index (χ2v) is 5.20. The summed E-state index contributed by atoms with van der Waals surface area (Å²) in [5.74, 6) is -1.30. The Morgan fingerprint density at radius 3 is 2.61 bits per heavy atom. The summed E-state index contributed by atoms with van der Waals surface area (Å²) in [5.41, 5.74) is 1.99. The van der Waals surface area contributed by atoms with Gasteiger partial charge < -0.3 is 9.63 Å². The van der Waals surface area contributed by atoms with Gasteiger partial charge in [0.15, 0.2) is 0 Å². The first-order valence-corrected chi connectivity index (χ1v) is 5.53. The maximum absolute atomic E-state index is 10.8. The van der Waals surface area contributed by atoms with Gasteiger partial charge in [0.05, 0.1) is 5.69 Å². The van der Waals surface area contributed by atoms with Crippen molar-refractivity contribution in [3.8, 4) is 11.3 Å². The molecule has 0 fully saturated rings. The molecule has 6 heteroatoms. The molecule has 6 nitrogen and oxygen atoms in total. The van der Waals surface area contributed by atoms with Crippen LogP contribution in [0.1, 0.15) is 37.0 Å². The molecule has 0 radical (unpaired) electrons. The first-order chi connectivity index (χ1) is 8.29. The molecule has 0 aliphatic carbocycles. The Kier molecular flexibility index (Phi) is 2.73. The van der Waals surface area contributed by atoms with E-state index in [9.17, 15) is 4.79 Å². The molecule has 2 rings (SSSR count). The number of aromatic carboxylic acids is 1. The van der Waals surface area contributed by atoms with Crippen molar-refractivity contribution in [2.45, 2.75) is 26.2 Å². The van der Waals surface area contributed by atoms with Gasteiger partial charge in [-0.25, -0.2) is 4.79 Å². The summed E-state index contributed by atoms with van der Waals surface area (Å²) in [6.07, 6.45) is 1.81. The summed E-state index contributed by atoms with van der Waals surface area (Å²) in [5, 5.41) is 17.0. The minimum Gasteiger partial charge on any atom is -0.475 e.